The summed E-state index contributed by atoms with van der Waals surface area (Å²) in [5.74, 6) is 0.130. The molecule has 4 rings (SSSR count). The van der Waals surface area contributed by atoms with E-state index in [2.05, 4.69) is 21.2 Å². The van der Waals surface area contributed by atoms with Crippen LogP contribution in [0, 0.1) is 19.8 Å². The van der Waals surface area contributed by atoms with Crippen LogP contribution in [0.25, 0.3) is 10.9 Å². The monoisotopic (exact) mass is 378 g/mol. The van der Waals surface area contributed by atoms with Crippen molar-refractivity contribution in [3.8, 4) is 0 Å². The molecule has 1 aliphatic rings. The minimum atomic E-state index is -0.495. The Kier molecular flexibility index (Phi) is 5.13. The summed E-state index contributed by atoms with van der Waals surface area (Å²) in [6.07, 6.45) is 3.11. The van der Waals surface area contributed by atoms with Crippen molar-refractivity contribution in [1.29, 1.82) is 0 Å². The maximum absolute atomic E-state index is 12.7. The molecule has 1 amide bonds. The lowest BCUT2D eigenvalue weighted by Crippen LogP contribution is -2.29. The SMILES string of the molecule is Cc1[nH]nc(CCC(=O)N2C[C@@H](Cc3ccnc4ccccc34)[C@@H](O)C2)c1C. The average Bonchev–Trinajstić information content (AvgIpc) is 3.23. The number of likely N-dealkylation sites (tertiary alicyclic amines) is 1. The number of amides is 1. The number of aliphatic hydroxyl groups excluding tert-OH is 1. The molecule has 0 radical (unpaired) electrons. The van der Waals surface area contributed by atoms with E-state index in [1.54, 1.807) is 4.90 Å². The van der Waals surface area contributed by atoms with Crippen LogP contribution in [0.3, 0.4) is 0 Å². The number of carbonyl (C=O) groups is 1. The van der Waals surface area contributed by atoms with E-state index in [-0.39, 0.29) is 11.8 Å². The second-order valence-electron chi connectivity index (χ2n) is 7.74. The van der Waals surface area contributed by atoms with E-state index in [0.717, 1.165) is 34.3 Å². The number of hydrogen-bond acceptors (Lipinski definition) is 4. The third kappa shape index (κ3) is 3.64. The highest BCUT2D eigenvalue weighted by Crippen LogP contribution is 2.26. The molecule has 1 saturated heterocycles. The van der Waals surface area contributed by atoms with Gasteiger partial charge in [-0.15, -0.1) is 0 Å². The van der Waals surface area contributed by atoms with Gasteiger partial charge in [0, 0.05) is 49.1 Å². The lowest BCUT2D eigenvalue weighted by molar-refractivity contribution is -0.130. The summed E-state index contributed by atoms with van der Waals surface area (Å²) in [6.45, 7) is 5.01. The van der Waals surface area contributed by atoms with Gasteiger partial charge in [-0.3, -0.25) is 14.9 Å². The average molecular weight is 378 g/mol. The number of H-pyrrole nitrogens is 1. The lowest BCUT2D eigenvalue weighted by Gasteiger charge is -2.16. The summed E-state index contributed by atoms with van der Waals surface area (Å²) >= 11 is 0. The standard InChI is InChI=1S/C22H26N4O2/c1-14-15(2)24-25-19(14)7-8-22(28)26-12-17(21(27)13-26)11-16-9-10-23-20-6-4-3-5-18(16)20/h3-6,9-10,17,21,27H,7-8,11-13H2,1-2H3,(H,24,25)/t17-,21+/m1/s1. The van der Waals surface area contributed by atoms with Crippen molar-refractivity contribution in [2.45, 2.75) is 39.2 Å². The van der Waals surface area contributed by atoms with E-state index < -0.39 is 6.10 Å². The number of nitrogens with one attached hydrogen (secondary N) is 1. The van der Waals surface area contributed by atoms with Crippen molar-refractivity contribution in [3.05, 3.63) is 59.0 Å². The van der Waals surface area contributed by atoms with E-state index in [1.807, 2.05) is 44.3 Å². The summed E-state index contributed by atoms with van der Waals surface area (Å²) in [4.78, 5) is 18.9. The minimum Gasteiger partial charge on any atom is -0.391 e. The van der Waals surface area contributed by atoms with Crippen molar-refractivity contribution in [2.24, 2.45) is 5.92 Å². The van der Waals surface area contributed by atoms with Gasteiger partial charge in [-0.05, 0) is 43.5 Å². The Hall–Kier alpha value is -2.73. The minimum absolute atomic E-state index is 0.0455. The van der Waals surface area contributed by atoms with Gasteiger partial charge in [0.05, 0.1) is 17.3 Å². The molecule has 146 valence electrons. The maximum atomic E-state index is 12.7. The van der Waals surface area contributed by atoms with Crippen LogP contribution in [0.2, 0.25) is 0 Å². The quantitative estimate of drug-likeness (QED) is 0.715. The van der Waals surface area contributed by atoms with Crippen LogP contribution in [0.4, 0.5) is 0 Å². The first kappa shape index (κ1) is 18.6. The van der Waals surface area contributed by atoms with E-state index in [1.165, 1.54) is 5.56 Å². The molecule has 0 saturated carbocycles. The van der Waals surface area contributed by atoms with E-state index in [4.69, 9.17) is 0 Å². The summed E-state index contributed by atoms with van der Waals surface area (Å²) in [5.41, 5.74) is 5.25. The number of nitrogens with zero attached hydrogens (tertiary/aromatic N) is 3. The van der Waals surface area contributed by atoms with Crippen LogP contribution in [0.1, 0.15) is 28.9 Å². The third-order valence-corrected chi connectivity index (χ3v) is 5.91. The van der Waals surface area contributed by atoms with Crippen LogP contribution >= 0.6 is 0 Å². The van der Waals surface area contributed by atoms with Crippen LogP contribution in [0.15, 0.2) is 36.5 Å². The van der Waals surface area contributed by atoms with Gasteiger partial charge >= 0.3 is 0 Å². The Labute approximate surface area is 164 Å². The Balaban J connectivity index is 1.40. The second kappa shape index (κ2) is 7.72. The van der Waals surface area contributed by atoms with Gasteiger partial charge in [0.2, 0.25) is 5.91 Å². The van der Waals surface area contributed by atoms with E-state index in [0.29, 0.717) is 25.9 Å². The Morgan fingerprint density at radius 2 is 2.07 bits per heavy atom. The summed E-state index contributed by atoms with van der Waals surface area (Å²) in [5, 5.41) is 18.9. The zero-order chi connectivity index (χ0) is 19.7. The number of para-hydroxylation sites is 1. The van der Waals surface area contributed by atoms with Crippen molar-refractivity contribution < 1.29 is 9.90 Å². The molecule has 0 bridgehead atoms. The number of hydrogen-bond donors (Lipinski definition) is 2. The lowest BCUT2D eigenvalue weighted by atomic mass is 9.94. The summed E-state index contributed by atoms with van der Waals surface area (Å²) in [7, 11) is 0. The van der Waals surface area contributed by atoms with Gasteiger partial charge in [-0.2, -0.15) is 5.10 Å². The van der Waals surface area contributed by atoms with Crippen LogP contribution < -0.4 is 0 Å². The fourth-order valence-corrected chi connectivity index (χ4v) is 4.04. The molecule has 2 atom stereocenters. The van der Waals surface area contributed by atoms with Crippen LogP contribution in [0.5, 0.6) is 0 Å². The molecule has 1 aliphatic heterocycles. The van der Waals surface area contributed by atoms with Gasteiger partial charge in [-0.1, -0.05) is 18.2 Å². The highest BCUT2D eigenvalue weighted by Gasteiger charge is 2.34. The number of fused-ring (bicyclic) bond motifs is 1. The fourth-order valence-electron chi connectivity index (χ4n) is 4.04. The zero-order valence-electron chi connectivity index (χ0n) is 16.4. The molecule has 6 nitrogen and oxygen atoms in total. The Morgan fingerprint density at radius 3 is 2.86 bits per heavy atom. The molecular formula is C22H26N4O2. The number of carbonyl (C=O) groups excluding carboxylic acids is 1. The van der Waals surface area contributed by atoms with Crippen molar-refractivity contribution in [3.63, 3.8) is 0 Å². The topological polar surface area (TPSA) is 82.1 Å². The van der Waals surface area contributed by atoms with Gasteiger partial charge in [-0.25, -0.2) is 0 Å². The van der Waals surface area contributed by atoms with Crippen LogP contribution in [-0.2, 0) is 17.6 Å². The third-order valence-electron chi connectivity index (χ3n) is 5.91. The number of aliphatic hydroxyl groups is 1. The van der Waals surface area contributed by atoms with Crippen molar-refractivity contribution in [2.75, 3.05) is 13.1 Å². The first-order valence-corrected chi connectivity index (χ1v) is 9.82. The molecule has 1 fully saturated rings. The van der Waals surface area contributed by atoms with E-state index in [9.17, 15) is 9.90 Å². The van der Waals surface area contributed by atoms with Gasteiger partial charge in [0.25, 0.3) is 0 Å². The molecule has 2 aromatic heterocycles. The predicted octanol–water partition coefficient (Wildman–Crippen LogP) is 2.57. The molecule has 0 spiro atoms. The molecule has 1 aromatic carbocycles. The molecule has 2 N–H and O–H groups in total. The number of pyridine rings is 1. The first-order valence-electron chi connectivity index (χ1n) is 9.82. The molecule has 28 heavy (non-hydrogen) atoms. The number of benzene rings is 1. The molecule has 6 heteroatoms. The van der Waals surface area contributed by atoms with Crippen molar-refractivity contribution >= 4 is 16.8 Å². The first-order chi connectivity index (χ1) is 13.5. The van der Waals surface area contributed by atoms with Crippen LogP contribution in [-0.4, -0.2) is 50.3 Å². The molecule has 0 unspecified atom stereocenters. The predicted molar refractivity (Wildman–Crippen MR) is 108 cm³/mol. The fraction of sp³-hybridized carbons (Fsp3) is 0.409. The highest BCUT2D eigenvalue weighted by molar-refractivity contribution is 5.82. The largest absolute Gasteiger partial charge is 0.391 e. The number of aromatic nitrogens is 3. The van der Waals surface area contributed by atoms with Gasteiger partial charge in [0.15, 0.2) is 0 Å². The molecule has 3 aromatic rings. The van der Waals surface area contributed by atoms with Crippen molar-refractivity contribution in [1.82, 2.24) is 20.1 Å². The summed E-state index contributed by atoms with van der Waals surface area (Å²) in [6, 6.07) is 10.1. The Bertz CT molecular complexity index is 992. The molecule has 3 heterocycles. The van der Waals surface area contributed by atoms with E-state index >= 15 is 0 Å². The number of aromatic amines is 1. The number of β-amino-alcohol motifs (C(OH)–C–C–N with tert-alkyl or cyclic N) is 1. The highest BCUT2D eigenvalue weighted by atomic mass is 16.3. The Morgan fingerprint density at radius 1 is 1.25 bits per heavy atom. The van der Waals surface area contributed by atoms with Gasteiger partial charge in [0.1, 0.15) is 0 Å². The van der Waals surface area contributed by atoms with Gasteiger partial charge < -0.3 is 10.0 Å². The maximum Gasteiger partial charge on any atom is 0.223 e. The number of aryl methyl sites for hydroxylation is 2. The normalized spacial score (nSPS) is 19.5. The zero-order valence-corrected chi connectivity index (χ0v) is 16.4. The molecule has 0 aliphatic carbocycles. The summed E-state index contributed by atoms with van der Waals surface area (Å²) < 4.78 is 0. The smallest absolute Gasteiger partial charge is 0.223 e. The number of rotatable bonds is 5. The molecular weight excluding hydrogens is 352 g/mol. The second-order valence-corrected chi connectivity index (χ2v) is 7.74.